The molecule has 7 nitrogen and oxygen atoms in total. The maximum absolute atomic E-state index is 13.7. The highest BCUT2D eigenvalue weighted by molar-refractivity contribution is 7.92. The number of hydrogen-bond donors (Lipinski definition) is 1. The molecule has 2 aromatic rings. The maximum atomic E-state index is 13.7. The molecule has 1 fully saturated rings. The summed E-state index contributed by atoms with van der Waals surface area (Å²) >= 11 is 5.92. The average molecular weight is 484 g/mol. The summed E-state index contributed by atoms with van der Waals surface area (Å²) in [5.74, 6) is -0.887. The molecule has 0 radical (unpaired) electrons. The Morgan fingerprint density at radius 2 is 1.84 bits per heavy atom. The number of rotatable bonds is 10. The fraction of sp³-hybridized carbons (Fsp3) is 0.409. The van der Waals surface area contributed by atoms with Crippen molar-refractivity contribution in [1.29, 1.82) is 0 Å². The summed E-state index contributed by atoms with van der Waals surface area (Å²) in [6, 6.07) is 10.5. The van der Waals surface area contributed by atoms with Gasteiger partial charge in [0.05, 0.1) is 42.8 Å². The van der Waals surface area contributed by atoms with Crippen molar-refractivity contribution in [1.82, 2.24) is 4.90 Å². The average Bonchev–Trinajstić information content (AvgIpc) is 2.80. The van der Waals surface area contributed by atoms with Gasteiger partial charge in [0.25, 0.3) is 0 Å². The molecule has 174 valence electrons. The monoisotopic (exact) mass is 483 g/mol. The summed E-state index contributed by atoms with van der Waals surface area (Å²) in [4.78, 5) is 13.9. The van der Waals surface area contributed by atoms with E-state index in [0.717, 1.165) is 19.2 Å². The van der Waals surface area contributed by atoms with Crippen molar-refractivity contribution in [3.63, 3.8) is 0 Å². The van der Waals surface area contributed by atoms with Crippen molar-refractivity contribution in [3.05, 3.63) is 64.4 Å². The van der Waals surface area contributed by atoms with Gasteiger partial charge in [0.2, 0.25) is 10.0 Å². The quantitative estimate of drug-likeness (QED) is 0.522. The number of halogens is 2. The number of carbonyl (C=O) groups is 1. The molecule has 3 rings (SSSR count). The van der Waals surface area contributed by atoms with Crippen LogP contribution in [0.2, 0.25) is 5.02 Å². The molecule has 0 spiro atoms. The number of sulfonamides is 1. The summed E-state index contributed by atoms with van der Waals surface area (Å²) in [7, 11) is -3.73. The number of Topliss-reactive ketones (excluding diaryl/α,β-unsaturated/α-hetero) is 1. The van der Waals surface area contributed by atoms with Crippen molar-refractivity contribution in [2.45, 2.75) is 13.0 Å². The third-order valence-corrected chi connectivity index (χ3v) is 7.40. The fourth-order valence-electron chi connectivity index (χ4n) is 3.48. The van der Waals surface area contributed by atoms with Crippen molar-refractivity contribution in [2.75, 3.05) is 49.5 Å². The second kappa shape index (κ2) is 11.2. The van der Waals surface area contributed by atoms with Gasteiger partial charge in [-0.05, 0) is 36.7 Å². The molecule has 10 heteroatoms. The summed E-state index contributed by atoms with van der Waals surface area (Å²) < 4.78 is 46.8. The molecule has 2 N–H and O–H groups in total. The molecule has 0 aliphatic carbocycles. The lowest BCUT2D eigenvalue weighted by molar-refractivity contribution is 0.0381. The van der Waals surface area contributed by atoms with E-state index in [1.165, 1.54) is 16.4 Å². The summed E-state index contributed by atoms with van der Waals surface area (Å²) in [6.45, 7) is 3.44. The largest absolute Gasteiger partial charge is 0.379 e. The van der Waals surface area contributed by atoms with Crippen LogP contribution in [0.5, 0.6) is 0 Å². The number of benzene rings is 2. The van der Waals surface area contributed by atoms with E-state index in [0.29, 0.717) is 37.3 Å². The number of anilines is 1. The van der Waals surface area contributed by atoms with Crippen LogP contribution in [0.3, 0.4) is 0 Å². The molecule has 32 heavy (non-hydrogen) atoms. The van der Waals surface area contributed by atoms with E-state index in [1.807, 2.05) is 0 Å². The first-order valence-corrected chi connectivity index (χ1v) is 12.4. The predicted octanol–water partition coefficient (Wildman–Crippen LogP) is 2.68. The Balaban J connectivity index is 1.79. The Kier molecular flexibility index (Phi) is 8.61. The molecule has 1 aliphatic heterocycles. The number of ether oxygens (including phenoxy) is 1. The van der Waals surface area contributed by atoms with Crippen LogP contribution < -0.4 is 10.0 Å². The van der Waals surface area contributed by atoms with E-state index >= 15 is 0 Å². The molecule has 0 aromatic heterocycles. The van der Waals surface area contributed by atoms with Crippen LogP contribution in [-0.2, 0) is 21.3 Å². The van der Waals surface area contributed by atoms with Gasteiger partial charge < -0.3 is 10.5 Å². The molecule has 2 aromatic carbocycles. The van der Waals surface area contributed by atoms with Crippen molar-refractivity contribution in [2.24, 2.45) is 5.73 Å². The third kappa shape index (κ3) is 6.49. The van der Waals surface area contributed by atoms with Gasteiger partial charge in [0.1, 0.15) is 5.82 Å². The molecular formula is C22H27ClFN3O4S. The van der Waals surface area contributed by atoms with Gasteiger partial charge in [-0.3, -0.25) is 14.0 Å². The Labute approximate surface area is 192 Å². The molecule has 0 saturated carbocycles. The van der Waals surface area contributed by atoms with Crippen molar-refractivity contribution >= 4 is 33.1 Å². The molecule has 0 atom stereocenters. The number of nitrogens with zero attached hydrogens (tertiary/aromatic N) is 2. The summed E-state index contributed by atoms with van der Waals surface area (Å²) in [6.07, 6.45) is 0.456. The second-order valence-corrected chi connectivity index (χ2v) is 9.97. The lowest BCUT2D eigenvalue weighted by atomic mass is 10.1. The van der Waals surface area contributed by atoms with E-state index in [1.54, 1.807) is 24.3 Å². The zero-order chi connectivity index (χ0) is 23.1. The first kappa shape index (κ1) is 24.6. The smallest absolute Gasteiger partial charge is 0.235 e. The Morgan fingerprint density at radius 3 is 2.47 bits per heavy atom. The number of morpholine rings is 1. The van der Waals surface area contributed by atoms with Gasteiger partial charge in [0, 0.05) is 18.7 Å². The van der Waals surface area contributed by atoms with Gasteiger partial charge in [-0.15, -0.1) is 0 Å². The van der Waals surface area contributed by atoms with E-state index in [2.05, 4.69) is 4.90 Å². The topological polar surface area (TPSA) is 92.9 Å². The molecular weight excluding hydrogens is 457 g/mol. The first-order chi connectivity index (χ1) is 15.3. The number of nitrogens with two attached hydrogens (primary N) is 1. The van der Waals surface area contributed by atoms with E-state index in [-0.39, 0.29) is 35.3 Å². The van der Waals surface area contributed by atoms with Crippen LogP contribution in [0.15, 0.2) is 42.5 Å². The zero-order valence-electron chi connectivity index (χ0n) is 17.7. The second-order valence-electron chi connectivity index (χ2n) is 7.55. The van der Waals surface area contributed by atoms with Gasteiger partial charge in [0.15, 0.2) is 5.78 Å². The Bertz CT molecular complexity index is 1030. The van der Waals surface area contributed by atoms with Crippen molar-refractivity contribution in [3.8, 4) is 0 Å². The van der Waals surface area contributed by atoms with Crippen LogP contribution in [0, 0.1) is 5.82 Å². The highest BCUT2D eigenvalue weighted by Gasteiger charge is 2.24. The fourth-order valence-corrected chi connectivity index (χ4v) is 5.15. The van der Waals surface area contributed by atoms with Crippen molar-refractivity contribution < 1.29 is 22.3 Å². The lowest BCUT2D eigenvalue weighted by Crippen LogP contribution is -2.38. The molecule has 1 heterocycles. The van der Waals surface area contributed by atoms with Gasteiger partial charge in [-0.25, -0.2) is 12.8 Å². The van der Waals surface area contributed by atoms with Gasteiger partial charge >= 0.3 is 0 Å². The number of hydrogen-bond acceptors (Lipinski definition) is 6. The molecule has 0 unspecified atom stereocenters. The summed E-state index contributed by atoms with van der Waals surface area (Å²) in [5.41, 5.74) is 6.81. The van der Waals surface area contributed by atoms with E-state index in [4.69, 9.17) is 22.1 Å². The van der Waals surface area contributed by atoms with Crippen LogP contribution in [0.25, 0.3) is 0 Å². The van der Waals surface area contributed by atoms with Crippen LogP contribution in [-0.4, -0.2) is 64.2 Å². The first-order valence-electron chi connectivity index (χ1n) is 10.4. The lowest BCUT2D eigenvalue weighted by Gasteiger charge is -2.28. The molecule has 0 bridgehead atoms. The molecule has 1 saturated heterocycles. The Morgan fingerprint density at radius 1 is 1.16 bits per heavy atom. The summed E-state index contributed by atoms with van der Waals surface area (Å²) in [5, 5.41) is -0.153. The minimum absolute atomic E-state index is 0.0267. The normalized spacial score (nSPS) is 15.0. The highest BCUT2D eigenvalue weighted by Crippen LogP contribution is 2.27. The van der Waals surface area contributed by atoms with Gasteiger partial charge in [-0.1, -0.05) is 35.9 Å². The van der Waals surface area contributed by atoms with E-state index in [9.17, 15) is 17.6 Å². The van der Waals surface area contributed by atoms with Crippen LogP contribution in [0.4, 0.5) is 10.1 Å². The third-order valence-electron chi connectivity index (χ3n) is 5.29. The maximum Gasteiger partial charge on any atom is 0.235 e. The molecule has 0 amide bonds. The number of carbonyl (C=O) groups excluding carboxylic acids is 1. The Hall–Kier alpha value is -2.04. The van der Waals surface area contributed by atoms with Crippen LogP contribution >= 0.6 is 11.6 Å². The van der Waals surface area contributed by atoms with E-state index < -0.39 is 15.8 Å². The zero-order valence-corrected chi connectivity index (χ0v) is 19.2. The van der Waals surface area contributed by atoms with Gasteiger partial charge in [-0.2, -0.15) is 0 Å². The minimum Gasteiger partial charge on any atom is -0.379 e. The predicted molar refractivity (Wildman–Crippen MR) is 123 cm³/mol. The minimum atomic E-state index is -3.73. The highest BCUT2D eigenvalue weighted by atomic mass is 35.5. The SMILES string of the molecule is NCC(=O)c1ccc(CN(c2ccc(F)c(Cl)c2)S(=O)(=O)CCCN2CCOCC2)cc1. The van der Waals surface area contributed by atoms with Crippen LogP contribution in [0.1, 0.15) is 22.3 Å². The number of ketones is 1. The molecule has 1 aliphatic rings. The standard InChI is InChI=1S/C22H27ClFN3O4S/c23-20-14-19(6-7-21(20)24)27(16-17-2-4-18(5-3-17)22(28)15-25)32(29,30)13-1-8-26-9-11-31-12-10-26/h2-7,14H,1,8-13,15-16,25H2.